The van der Waals surface area contributed by atoms with Gasteiger partial charge in [-0.15, -0.1) is 0 Å². The van der Waals surface area contributed by atoms with Gasteiger partial charge in [0.25, 0.3) is 5.91 Å². The van der Waals surface area contributed by atoms with Gasteiger partial charge in [0.1, 0.15) is 10.6 Å². The number of nitrogens with one attached hydrogen (secondary N) is 1. The molecule has 2 heterocycles. The number of hydrogen-bond donors (Lipinski definition) is 2. The molecule has 1 fully saturated rings. The average molecular weight is 284 g/mol. The molecule has 1 aromatic heterocycles. The zero-order chi connectivity index (χ0) is 14.0. The lowest BCUT2D eigenvalue weighted by Crippen LogP contribution is -2.26. The van der Waals surface area contributed by atoms with Crippen LogP contribution in [0.3, 0.4) is 0 Å². The number of nitrogen functional groups attached to an aromatic ring is 1. The van der Waals surface area contributed by atoms with E-state index in [0.29, 0.717) is 30.1 Å². The molecule has 0 aromatic carbocycles. The van der Waals surface area contributed by atoms with E-state index < -0.39 is 0 Å². The maximum absolute atomic E-state index is 11.8. The maximum atomic E-state index is 11.8. The topological polar surface area (TPSA) is 97.5 Å². The van der Waals surface area contributed by atoms with Gasteiger partial charge < -0.3 is 20.7 Å². The number of carbonyl (C=O) groups excluding carboxylic acids is 2. The summed E-state index contributed by atoms with van der Waals surface area (Å²) in [6.07, 6.45) is 0.706. The molecule has 0 saturated carbocycles. The van der Waals surface area contributed by atoms with Gasteiger partial charge in [-0.2, -0.15) is 4.37 Å². The Morgan fingerprint density at radius 2 is 2.32 bits per heavy atom. The van der Waals surface area contributed by atoms with E-state index in [0.717, 1.165) is 0 Å². The number of rotatable bonds is 3. The van der Waals surface area contributed by atoms with E-state index in [4.69, 9.17) is 10.5 Å². The van der Waals surface area contributed by atoms with Gasteiger partial charge in [-0.25, -0.2) is 0 Å². The van der Waals surface area contributed by atoms with Crippen LogP contribution in [0.25, 0.3) is 0 Å². The summed E-state index contributed by atoms with van der Waals surface area (Å²) in [5, 5.41) is 3.26. The quantitative estimate of drug-likeness (QED) is 0.763. The number of anilines is 2. The Hall–Kier alpha value is -1.83. The Bertz CT molecular complexity index is 502. The van der Waals surface area contributed by atoms with E-state index in [2.05, 4.69) is 9.69 Å². The molecule has 1 aliphatic rings. The van der Waals surface area contributed by atoms with E-state index in [1.54, 1.807) is 7.05 Å². The molecule has 0 aliphatic carbocycles. The van der Waals surface area contributed by atoms with Crippen LogP contribution in [0.15, 0.2) is 0 Å². The summed E-state index contributed by atoms with van der Waals surface area (Å²) in [4.78, 5) is 25.3. The molecule has 1 unspecified atom stereocenters. The van der Waals surface area contributed by atoms with Crippen molar-refractivity contribution in [3.63, 3.8) is 0 Å². The maximum Gasteiger partial charge on any atom is 0.310 e. The summed E-state index contributed by atoms with van der Waals surface area (Å²) in [5.74, 6) is -0.420. The van der Waals surface area contributed by atoms with Gasteiger partial charge in [-0.1, -0.05) is 0 Å². The molecule has 1 amide bonds. The number of esters is 1. The highest BCUT2D eigenvalue weighted by Crippen LogP contribution is 2.34. The van der Waals surface area contributed by atoms with Gasteiger partial charge in [0.15, 0.2) is 5.82 Å². The van der Waals surface area contributed by atoms with Crippen LogP contribution in [-0.4, -0.2) is 43.5 Å². The van der Waals surface area contributed by atoms with Crippen molar-refractivity contribution in [1.29, 1.82) is 0 Å². The Morgan fingerprint density at radius 3 is 2.95 bits per heavy atom. The van der Waals surface area contributed by atoms with Crippen LogP contribution >= 0.6 is 11.5 Å². The highest BCUT2D eigenvalue weighted by molar-refractivity contribution is 7.11. The van der Waals surface area contributed by atoms with Crippen molar-refractivity contribution in [2.75, 3.05) is 37.9 Å². The molecule has 0 radical (unpaired) electrons. The van der Waals surface area contributed by atoms with E-state index in [-0.39, 0.29) is 23.6 Å². The number of nitrogens with two attached hydrogens (primary N) is 1. The number of nitrogens with zero attached hydrogens (tertiary/aromatic N) is 2. The van der Waals surface area contributed by atoms with Crippen molar-refractivity contribution >= 4 is 34.2 Å². The van der Waals surface area contributed by atoms with Crippen molar-refractivity contribution in [2.45, 2.75) is 6.42 Å². The second-order valence-electron chi connectivity index (χ2n) is 4.28. The monoisotopic (exact) mass is 284 g/mol. The summed E-state index contributed by atoms with van der Waals surface area (Å²) < 4.78 is 8.76. The molecule has 0 spiro atoms. The van der Waals surface area contributed by atoms with Crippen LogP contribution in [0.5, 0.6) is 0 Å². The molecule has 1 saturated heterocycles. The zero-order valence-electron chi connectivity index (χ0n) is 10.8. The number of carbonyl (C=O) groups is 2. The number of ether oxygens (including phenoxy) is 1. The minimum Gasteiger partial charge on any atom is -0.469 e. The second kappa shape index (κ2) is 5.43. The first-order chi connectivity index (χ1) is 9.08. The van der Waals surface area contributed by atoms with Crippen molar-refractivity contribution in [1.82, 2.24) is 9.69 Å². The first-order valence-electron chi connectivity index (χ1n) is 5.88. The summed E-state index contributed by atoms with van der Waals surface area (Å²) in [6, 6.07) is 0. The van der Waals surface area contributed by atoms with E-state index >= 15 is 0 Å². The van der Waals surface area contributed by atoms with Crippen molar-refractivity contribution in [3.05, 3.63) is 5.56 Å². The number of amides is 1. The molecular weight excluding hydrogens is 268 g/mol. The van der Waals surface area contributed by atoms with Gasteiger partial charge in [0, 0.05) is 20.1 Å². The zero-order valence-corrected chi connectivity index (χ0v) is 11.6. The van der Waals surface area contributed by atoms with E-state index in [1.807, 2.05) is 4.90 Å². The lowest BCUT2D eigenvalue weighted by Gasteiger charge is -2.17. The fourth-order valence-electron chi connectivity index (χ4n) is 2.15. The van der Waals surface area contributed by atoms with Crippen molar-refractivity contribution < 1.29 is 14.3 Å². The molecule has 0 bridgehead atoms. The Morgan fingerprint density at radius 1 is 1.58 bits per heavy atom. The minimum atomic E-state index is -0.261. The lowest BCUT2D eigenvalue weighted by molar-refractivity contribution is -0.144. The van der Waals surface area contributed by atoms with Crippen LogP contribution in [0.2, 0.25) is 0 Å². The molecule has 19 heavy (non-hydrogen) atoms. The van der Waals surface area contributed by atoms with Crippen LogP contribution in [0.4, 0.5) is 10.8 Å². The first kappa shape index (κ1) is 13.6. The highest BCUT2D eigenvalue weighted by atomic mass is 32.1. The normalized spacial score (nSPS) is 18.4. The Kier molecular flexibility index (Phi) is 3.89. The molecule has 1 atom stereocenters. The third-order valence-electron chi connectivity index (χ3n) is 3.16. The third-order valence-corrected chi connectivity index (χ3v) is 4.09. The number of aromatic nitrogens is 1. The van der Waals surface area contributed by atoms with Gasteiger partial charge in [-0.05, 0) is 18.0 Å². The molecule has 8 heteroatoms. The van der Waals surface area contributed by atoms with Gasteiger partial charge in [-0.3, -0.25) is 9.59 Å². The molecule has 7 nitrogen and oxygen atoms in total. The lowest BCUT2D eigenvalue weighted by atomic mass is 10.1. The smallest absolute Gasteiger partial charge is 0.310 e. The first-order valence-corrected chi connectivity index (χ1v) is 6.65. The van der Waals surface area contributed by atoms with Crippen LogP contribution in [-0.2, 0) is 9.53 Å². The third kappa shape index (κ3) is 2.48. The number of methoxy groups -OCH3 is 1. The largest absolute Gasteiger partial charge is 0.469 e. The summed E-state index contributed by atoms with van der Waals surface area (Å²) >= 11 is 1.18. The SMILES string of the molecule is CNC(=O)c1c(N)nsc1N1CCC(C(=O)OC)C1. The fourth-order valence-corrected chi connectivity index (χ4v) is 3.00. The average Bonchev–Trinajstić information content (AvgIpc) is 3.03. The molecule has 2 rings (SSSR count). The predicted octanol–water partition coefficient (Wildman–Crippen LogP) is 0.0842. The van der Waals surface area contributed by atoms with Crippen LogP contribution in [0.1, 0.15) is 16.8 Å². The molecular formula is C11H16N4O3S. The van der Waals surface area contributed by atoms with Gasteiger partial charge in [0.05, 0.1) is 13.0 Å². The second-order valence-corrected chi connectivity index (χ2v) is 5.03. The molecule has 1 aromatic rings. The molecule has 104 valence electrons. The minimum absolute atomic E-state index is 0.161. The van der Waals surface area contributed by atoms with Gasteiger partial charge >= 0.3 is 5.97 Å². The summed E-state index contributed by atoms with van der Waals surface area (Å²) in [6.45, 7) is 1.21. The van der Waals surface area contributed by atoms with Crippen molar-refractivity contribution in [2.24, 2.45) is 5.92 Å². The summed E-state index contributed by atoms with van der Waals surface area (Å²) in [5.41, 5.74) is 6.11. The Labute approximate surface area is 114 Å². The summed E-state index contributed by atoms with van der Waals surface area (Å²) in [7, 11) is 2.93. The molecule has 3 N–H and O–H groups in total. The molecule has 1 aliphatic heterocycles. The van der Waals surface area contributed by atoms with Gasteiger partial charge in [0.2, 0.25) is 0 Å². The van der Waals surface area contributed by atoms with E-state index in [9.17, 15) is 9.59 Å². The Balaban J connectivity index is 2.20. The van der Waals surface area contributed by atoms with Crippen molar-refractivity contribution in [3.8, 4) is 0 Å². The standard InChI is InChI=1S/C11H16N4O3S/c1-13-9(16)7-8(12)14-19-10(7)15-4-3-6(5-15)11(17)18-2/h6H,3-5H2,1-2H3,(H2,12,14)(H,13,16). The number of hydrogen-bond acceptors (Lipinski definition) is 7. The van der Waals surface area contributed by atoms with Crippen LogP contribution < -0.4 is 16.0 Å². The van der Waals surface area contributed by atoms with E-state index in [1.165, 1.54) is 18.6 Å². The fraction of sp³-hybridized carbons (Fsp3) is 0.545. The highest BCUT2D eigenvalue weighted by Gasteiger charge is 2.32. The van der Waals surface area contributed by atoms with Crippen LogP contribution in [0, 0.1) is 5.92 Å². The predicted molar refractivity (Wildman–Crippen MR) is 72.3 cm³/mol.